The Balaban J connectivity index is 1.98. The molecule has 24 heavy (non-hydrogen) atoms. The van der Waals surface area contributed by atoms with Crippen LogP contribution in [0, 0.1) is 12.8 Å². The number of likely N-dealkylation sites (tertiary alicyclic amines) is 1. The van der Waals surface area contributed by atoms with Crippen molar-refractivity contribution in [3.05, 3.63) is 29.3 Å². The molecule has 0 radical (unpaired) electrons. The molecule has 2 amide bonds. The van der Waals surface area contributed by atoms with Crippen LogP contribution in [0.3, 0.4) is 0 Å². The van der Waals surface area contributed by atoms with E-state index in [1.54, 1.807) is 11.8 Å². The van der Waals surface area contributed by atoms with Crippen molar-refractivity contribution in [2.75, 3.05) is 29.9 Å². The molecule has 1 heterocycles. The molecular formula is C19H28N2O2S. The highest BCUT2D eigenvalue weighted by atomic mass is 32.2. The maximum absolute atomic E-state index is 12.6. The number of aryl methyl sites for hydroxylation is 1. The fourth-order valence-corrected chi connectivity index (χ4v) is 3.63. The largest absolute Gasteiger partial charge is 0.338 e. The van der Waals surface area contributed by atoms with Crippen molar-refractivity contribution >= 4 is 29.3 Å². The van der Waals surface area contributed by atoms with Crippen LogP contribution in [-0.4, -0.2) is 41.3 Å². The lowest BCUT2D eigenvalue weighted by atomic mass is 9.99. The Morgan fingerprint density at radius 3 is 2.83 bits per heavy atom. The van der Waals surface area contributed by atoms with Crippen molar-refractivity contribution in [3.63, 3.8) is 0 Å². The lowest BCUT2D eigenvalue weighted by molar-refractivity contribution is -0.115. The molecule has 1 saturated heterocycles. The van der Waals surface area contributed by atoms with E-state index in [0.29, 0.717) is 17.9 Å². The fourth-order valence-electron chi connectivity index (χ4n) is 3.02. The summed E-state index contributed by atoms with van der Waals surface area (Å²) in [6.45, 7) is 7.90. The summed E-state index contributed by atoms with van der Waals surface area (Å²) >= 11 is 1.76. The second-order valence-corrected chi connectivity index (χ2v) is 7.92. The third-order valence-electron chi connectivity index (χ3n) is 4.37. The molecule has 2 rings (SSSR count). The number of amides is 2. The zero-order valence-electron chi connectivity index (χ0n) is 14.9. The first-order valence-corrected chi connectivity index (χ1v) is 9.94. The number of benzene rings is 1. The molecule has 0 saturated carbocycles. The molecule has 1 aliphatic heterocycles. The molecule has 0 unspecified atom stereocenters. The van der Waals surface area contributed by atoms with Gasteiger partial charge in [-0.05, 0) is 55.2 Å². The van der Waals surface area contributed by atoms with Crippen LogP contribution in [0.5, 0.6) is 0 Å². The molecular weight excluding hydrogens is 320 g/mol. The first kappa shape index (κ1) is 18.8. The predicted molar refractivity (Wildman–Crippen MR) is 102 cm³/mol. The highest BCUT2D eigenvalue weighted by molar-refractivity contribution is 7.99. The number of nitrogens with zero attached hydrogens (tertiary/aromatic N) is 1. The predicted octanol–water partition coefficient (Wildman–Crippen LogP) is 3.95. The van der Waals surface area contributed by atoms with E-state index in [0.717, 1.165) is 42.3 Å². The molecule has 4 nitrogen and oxygen atoms in total. The van der Waals surface area contributed by atoms with Crippen molar-refractivity contribution in [1.29, 1.82) is 0 Å². The number of hydrogen-bond donors (Lipinski definition) is 1. The number of carbonyl (C=O) groups excluding carboxylic acids is 2. The molecule has 1 N–H and O–H groups in total. The number of piperidine rings is 1. The van der Waals surface area contributed by atoms with Crippen LogP contribution in [0.4, 0.5) is 5.69 Å². The molecule has 0 aromatic heterocycles. The maximum Gasteiger partial charge on any atom is 0.253 e. The fraction of sp³-hybridized carbons (Fsp3) is 0.579. The average molecular weight is 349 g/mol. The smallest absolute Gasteiger partial charge is 0.253 e. The summed E-state index contributed by atoms with van der Waals surface area (Å²) in [5.41, 5.74) is 2.44. The van der Waals surface area contributed by atoms with Crippen molar-refractivity contribution in [1.82, 2.24) is 4.90 Å². The van der Waals surface area contributed by atoms with E-state index in [2.05, 4.69) is 19.2 Å². The summed E-state index contributed by atoms with van der Waals surface area (Å²) in [5.74, 6) is 2.57. The van der Waals surface area contributed by atoms with Crippen LogP contribution in [0.2, 0.25) is 0 Å². The van der Waals surface area contributed by atoms with Crippen LogP contribution in [-0.2, 0) is 4.79 Å². The van der Waals surface area contributed by atoms with E-state index < -0.39 is 0 Å². The topological polar surface area (TPSA) is 49.4 Å². The normalized spacial score (nSPS) is 17.6. The number of hydrogen-bond acceptors (Lipinski definition) is 3. The summed E-state index contributed by atoms with van der Waals surface area (Å²) in [6.07, 6.45) is 2.80. The zero-order valence-corrected chi connectivity index (χ0v) is 15.7. The van der Waals surface area contributed by atoms with Gasteiger partial charge in [-0.2, -0.15) is 11.8 Å². The van der Waals surface area contributed by atoms with Crippen LogP contribution >= 0.6 is 11.8 Å². The minimum absolute atomic E-state index is 0.0305. The second kappa shape index (κ2) is 9.11. The number of anilines is 1. The summed E-state index contributed by atoms with van der Waals surface area (Å²) in [4.78, 5) is 26.5. The molecule has 1 fully saturated rings. The van der Waals surface area contributed by atoms with Gasteiger partial charge in [0.2, 0.25) is 5.91 Å². The van der Waals surface area contributed by atoms with Gasteiger partial charge >= 0.3 is 0 Å². The van der Waals surface area contributed by atoms with E-state index in [4.69, 9.17) is 0 Å². The molecule has 1 aromatic rings. The van der Waals surface area contributed by atoms with Gasteiger partial charge in [0.15, 0.2) is 0 Å². The van der Waals surface area contributed by atoms with E-state index in [-0.39, 0.29) is 11.8 Å². The third-order valence-corrected chi connectivity index (χ3v) is 5.27. The molecule has 1 aromatic carbocycles. The number of rotatable bonds is 6. The average Bonchev–Trinajstić information content (AvgIpc) is 2.56. The third kappa shape index (κ3) is 5.26. The minimum atomic E-state index is 0.0305. The molecule has 1 aliphatic rings. The molecule has 1 atom stereocenters. The zero-order chi connectivity index (χ0) is 17.5. The van der Waals surface area contributed by atoms with Gasteiger partial charge in [0.1, 0.15) is 0 Å². The lowest BCUT2D eigenvalue weighted by Crippen LogP contribution is -2.39. The first-order valence-electron chi connectivity index (χ1n) is 8.78. The summed E-state index contributed by atoms with van der Waals surface area (Å²) in [6, 6.07) is 5.56. The van der Waals surface area contributed by atoms with Crippen LogP contribution in [0.15, 0.2) is 18.2 Å². The summed E-state index contributed by atoms with van der Waals surface area (Å²) < 4.78 is 0. The Bertz CT molecular complexity index is 589. The van der Waals surface area contributed by atoms with E-state index in [9.17, 15) is 9.59 Å². The first-order chi connectivity index (χ1) is 11.5. The van der Waals surface area contributed by atoms with Gasteiger partial charge in [-0.1, -0.05) is 13.8 Å². The van der Waals surface area contributed by atoms with Crippen molar-refractivity contribution in [2.24, 2.45) is 5.92 Å². The summed E-state index contributed by atoms with van der Waals surface area (Å²) in [5, 5.41) is 2.94. The quantitative estimate of drug-likeness (QED) is 0.792. The standard InChI is InChI=1S/C19H28N2O2S/c1-4-24-11-9-18(22)20-17-8-7-16(12-15(17)3)19(23)21-10-5-6-14(2)13-21/h7-8,12,14H,4-6,9-11,13H2,1-3H3,(H,20,22)/t14-/m1/s1. The van der Waals surface area contributed by atoms with E-state index in [1.807, 2.05) is 30.0 Å². The summed E-state index contributed by atoms with van der Waals surface area (Å²) in [7, 11) is 0. The number of thioether (sulfide) groups is 1. The van der Waals surface area contributed by atoms with Crippen LogP contribution in [0.25, 0.3) is 0 Å². The van der Waals surface area contributed by atoms with Gasteiger partial charge < -0.3 is 10.2 Å². The van der Waals surface area contributed by atoms with Gasteiger partial charge in [0.05, 0.1) is 0 Å². The van der Waals surface area contributed by atoms with Crippen LogP contribution in [0.1, 0.15) is 49.0 Å². The highest BCUT2D eigenvalue weighted by Crippen LogP contribution is 2.21. The van der Waals surface area contributed by atoms with E-state index >= 15 is 0 Å². The van der Waals surface area contributed by atoms with Gasteiger partial charge in [-0.15, -0.1) is 0 Å². The minimum Gasteiger partial charge on any atom is -0.338 e. The molecule has 5 heteroatoms. The van der Waals surface area contributed by atoms with Gasteiger partial charge in [0, 0.05) is 36.5 Å². The monoisotopic (exact) mass is 348 g/mol. The second-order valence-electron chi connectivity index (χ2n) is 6.52. The van der Waals surface area contributed by atoms with Gasteiger partial charge in [-0.25, -0.2) is 0 Å². The lowest BCUT2D eigenvalue weighted by Gasteiger charge is -2.31. The maximum atomic E-state index is 12.6. The number of carbonyl (C=O) groups is 2. The molecule has 132 valence electrons. The Kier molecular flexibility index (Phi) is 7.16. The van der Waals surface area contributed by atoms with Crippen molar-refractivity contribution < 1.29 is 9.59 Å². The Hall–Kier alpha value is -1.49. The van der Waals surface area contributed by atoms with Gasteiger partial charge in [-0.3, -0.25) is 9.59 Å². The Morgan fingerprint density at radius 2 is 2.17 bits per heavy atom. The van der Waals surface area contributed by atoms with E-state index in [1.165, 1.54) is 6.42 Å². The molecule has 0 bridgehead atoms. The molecule has 0 spiro atoms. The van der Waals surface area contributed by atoms with Crippen LogP contribution < -0.4 is 5.32 Å². The van der Waals surface area contributed by atoms with Crippen molar-refractivity contribution in [3.8, 4) is 0 Å². The molecule has 0 aliphatic carbocycles. The van der Waals surface area contributed by atoms with Gasteiger partial charge in [0.25, 0.3) is 5.91 Å². The Morgan fingerprint density at radius 1 is 1.38 bits per heavy atom. The SMILES string of the molecule is CCSCCC(=O)Nc1ccc(C(=O)N2CCC[C@@H](C)C2)cc1C. The highest BCUT2D eigenvalue weighted by Gasteiger charge is 2.22. The number of nitrogens with one attached hydrogen (secondary N) is 1. The van der Waals surface area contributed by atoms with Crippen molar-refractivity contribution in [2.45, 2.75) is 40.0 Å². The Labute approximate surface area is 149 Å².